The third kappa shape index (κ3) is 3.54. The van der Waals surface area contributed by atoms with E-state index < -0.39 is 12.1 Å². The minimum Gasteiger partial charge on any atom is -0.383 e. The molecular weight excluding hydrogens is 510 g/mol. The first-order chi connectivity index (χ1) is 16.8. The van der Waals surface area contributed by atoms with E-state index in [2.05, 4.69) is 36.2 Å². The summed E-state index contributed by atoms with van der Waals surface area (Å²) >= 11 is 3.33. The van der Waals surface area contributed by atoms with Gasteiger partial charge in [0.15, 0.2) is 0 Å². The molecular formula is C25H24BrN7O2. The van der Waals surface area contributed by atoms with Gasteiger partial charge in [0.05, 0.1) is 10.9 Å². The smallest absolute Gasteiger partial charge is 0.248 e. The molecule has 0 bridgehead atoms. The van der Waals surface area contributed by atoms with E-state index in [0.717, 1.165) is 28.3 Å². The lowest BCUT2D eigenvalue weighted by Crippen LogP contribution is -2.47. The second-order valence-electron chi connectivity index (χ2n) is 9.42. The molecule has 10 heteroatoms. The predicted molar refractivity (Wildman–Crippen MR) is 137 cm³/mol. The number of anilines is 2. The van der Waals surface area contributed by atoms with Gasteiger partial charge in [0, 0.05) is 11.4 Å². The molecule has 1 saturated carbocycles. The fourth-order valence-corrected chi connectivity index (χ4v) is 5.76. The maximum Gasteiger partial charge on any atom is 0.248 e. The number of amides is 2. The Kier molecular flexibility index (Phi) is 5.03. The first-order valence-electron chi connectivity index (χ1n) is 11.6. The SMILES string of the molecule is Cc1ccc2c(c1)c1c(N)ncnc1n2C(C)C(=O)N1[C@@H]2CC2C[C@H]1C(=O)Nc1cccc(Br)n1. The fraction of sp³-hybridized carbons (Fsp3) is 0.320. The molecule has 178 valence electrons. The van der Waals surface area contributed by atoms with Crippen LogP contribution in [0, 0.1) is 12.8 Å². The van der Waals surface area contributed by atoms with Crippen molar-refractivity contribution in [1.29, 1.82) is 0 Å². The van der Waals surface area contributed by atoms with Gasteiger partial charge < -0.3 is 20.5 Å². The lowest BCUT2D eigenvalue weighted by Gasteiger charge is -2.30. The molecule has 4 atom stereocenters. The molecule has 4 aromatic rings. The van der Waals surface area contributed by atoms with Gasteiger partial charge >= 0.3 is 0 Å². The van der Waals surface area contributed by atoms with Gasteiger partial charge in [-0.3, -0.25) is 9.59 Å². The number of aryl methyl sites for hydroxylation is 1. The molecule has 0 radical (unpaired) electrons. The topological polar surface area (TPSA) is 119 Å². The van der Waals surface area contributed by atoms with Crippen LogP contribution >= 0.6 is 15.9 Å². The van der Waals surface area contributed by atoms with Gasteiger partial charge in [0.1, 0.15) is 40.3 Å². The number of likely N-dealkylation sites (tertiary alicyclic amines) is 1. The molecule has 35 heavy (non-hydrogen) atoms. The summed E-state index contributed by atoms with van der Waals surface area (Å²) in [6, 6.07) is 10.3. The Hall–Kier alpha value is -3.53. The first-order valence-corrected chi connectivity index (χ1v) is 12.4. The van der Waals surface area contributed by atoms with Gasteiger partial charge in [0.2, 0.25) is 11.8 Å². The number of pyridine rings is 1. The molecule has 3 aromatic heterocycles. The molecule has 2 unspecified atom stereocenters. The number of nitrogens with two attached hydrogens (primary N) is 1. The van der Waals surface area contributed by atoms with Crippen LogP contribution in [0.1, 0.15) is 31.4 Å². The Labute approximate surface area is 209 Å². The molecule has 2 fully saturated rings. The zero-order chi connectivity index (χ0) is 24.4. The molecule has 4 heterocycles. The summed E-state index contributed by atoms with van der Waals surface area (Å²) in [4.78, 5) is 41.9. The summed E-state index contributed by atoms with van der Waals surface area (Å²) in [7, 11) is 0. The van der Waals surface area contributed by atoms with Crippen molar-refractivity contribution < 1.29 is 9.59 Å². The van der Waals surface area contributed by atoms with Gasteiger partial charge in [-0.25, -0.2) is 15.0 Å². The largest absolute Gasteiger partial charge is 0.383 e. The minimum absolute atomic E-state index is 0.0891. The van der Waals surface area contributed by atoms with E-state index in [9.17, 15) is 9.59 Å². The minimum atomic E-state index is -0.578. The Balaban J connectivity index is 1.36. The van der Waals surface area contributed by atoms with Crippen LogP contribution < -0.4 is 11.1 Å². The van der Waals surface area contributed by atoms with Crippen molar-refractivity contribution in [3.63, 3.8) is 0 Å². The summed E-state index contributed by atoms with van der Waals surface area (Å²) in [5.41, 5.74) is 8.80. The molecule has 1 saturated heterocycles. The third-order valence-electron chi connectivity index (χ3n) is 7.14. The van der Waals surface area contributed by atoms with Crippen molar-refractivity contribution in [3.05, 3.63) is 52.9 Å². The number of aromatic nitrogens is 4. The zero-order valence-electron chi connectivity index (χ0n) is 19.3. The highest BCUT2D eigenvalue weighted by atomic mass is 79.9. The molecule has 6 rings (SSSR count). The van der Waals surface area contributed by atoms with Crippen molar-refractivity contribution in [2.24, 2.45) is 5.92 Å². The lowest BCUT2D eigenvalue weighted by molar-refractivity contribution is -0.140. The lowest BCUT2D eigenvalue weighted by atomic mass is 10.1. The summed E-state index contributed by atoms with van der Waals surface area (Å²) in [5.74, 6) is 0.874. The highest BCUT2D eigenvalue weighted by molar-refractivity contribution is 9.10. The standard InChI is InChI=1S/C25H24BrN7O2/c1-12-6-7-16-15(8-12)21-22(27)28-11-29-23(21)32(16)13(2)25(35)33-17-9-14(17)10-18(33)24(34)31-20-5-3-4-19(26)30-20/h3-8,11,13-14,17-18H,9-10H2,1-2H3,(H2,27,28,29)(H,30,31,34)/t13?,14?,17-,18+/m1/s1. The van der Waals surface area contributed by atoms with Crippen LogP contribution in [-0.4, -0.2) is 48.3 Å². The molecule has 1 aromatic carbocycles. The normalized spacial score (nSPS) is 21.8. The average Bonchev–Trinajstić information content (AvgIpc) is 3.36. The highest BCUT2D eigenvalue weighted by Crippen LogP contribution is 2.49. The Morgan fingerprint density at radius 1 is 1.20 bits per heavy atom. The van der Waals surface area contributed by atoms with Crippen LogP contribution in [0.25, 0.3) is 21.9 Å². The number of benzene rings is 1. The number of nitrogens with zero attached hydrogens (tertiary/aromatic N) is 5. The van der Waals surface area contributed by atoms with E-state index >= 15 is 0 Å². The van der Waals surface area contributed by atoms with Gasteiger partial charge in [0.25, 0.3) is 0 Å². The van der Waals surface area contributed by atoms with Crippen LogP contribution in [0.4, 0.5) is 11.6 Å². The van der Waals surface area contributed by atoms with Crippen molar-refractivity contribution >= 4 is 61.3 Å². The van der Waals surface area contributed by atoms with Crippen LogP contribution in [0.15, 0.2) is 47.3 Å². The molecule has 2 amide bonds. The Morgan fingerprint density at radius 2 is 2.03 bits per heavy atom. The van der Waals surface area contributed by atoms with Crippen molar-refractivity contribution in [2.45, 2.75) is 44.8 Å². The number of carbonyl (C=O) groups excluding carboxylic acids is 2. The second-order valence-corrected chi connectivity index (χ2v) is 10.2. The van der Waals surface area contributed by atoms with Gasteiger partial charge in [-0.2, -0.15) is 0 Å². The number of hydrogen-bond donors (Lipinski definition) is 2. The fourth-order valence-electron chi connectivity index (χ4n) is 5.42. The molecule has 2 aliphatic rings. The number of carbonyl (C=O) groups is 2. The molecule has 9 nitrogen and oxygen atoms in total. The van der Waals surface area contributed by atoms with E-state index in [1.165, 1.54) is 6.33 Å². The van der Waals surface area contributed by atoms with Gasteiger partial charge in [-0.1, -0.05) is 17.7 Å². The first kappa shape index (κ1) is 22.0. The van der Waals surface area contributed by atoms with E-state index in [-0.39, 0.29) is 17.9 Å². The Bertz CT molecular complexity index is 1520. The van der Waals surface area contributed by atoms with Crippen molar-refractivity contribution in [2.75, 3.05) is 11.1 Å². The van der Waals surface area contributed by atoms with E-state index in [1.807, 2.05) is 36.6 Å². The van der Waals surface area contributed by atoms with E-state index in [4.69, 9.17) is 5.73 Å². The number of fused-ring (bicyclic) bond motifs is 4. The number of rotatable bonds is 4. The number of halogens is 1. The van der Waals surface area contributed by atoms with E-state index in [1.54, 1.807) is 23.1 Å². The predicted octanol–water partition coefficient (Wildman–Crippen LogP) is 3.82. The second kappa shape index (κ2) is 8.01. The van der Waals surface area contributed by atoms with E-state index in [0.29, 0.717) is 34.2 Å². The van der Waals surface area contributed by atoms with Crippen LogP contribution in [0.2, 0.25) is 0 Å². The van der Waals surface area contributed by atoms with Gasteiger partial charge in [-0.05, 0) is 72.8 Å². The van der Waals surface area contributed by atoms with Gasteiger partial charge in [-0.15, -0.1) is 0 Å². The maximum absolute atomic E-state index is 14.0. The average molecular weight is 534 g/mol. The number of nitrogen functional groups attached to an aromatic ring is 1. The van der Waals surface area contributed by atoms with Crippen LogP contribution in [0.3, 0.4) is 0 Å². The summed E-state index contributed by atoms with van der Waals surface area (Å²) in [6.07, 6.45) is 3.01. The van der Waals surface area contributed by atoms with Crippen molar-refractivity contribution in [3.8, 4) is 0 Å². The van der Waals surface area contributed by atoms with Crippen molar-refractivity contribution in [1.82, 2.24) is 24.4 Å². The third-order valence-corrected chi connectivity index (χ3v) is 7.58. The number of piperidine rings is 1. The number of nitrogens with one attached hydrogen (secondary N) is 1. The van der Waals surface area contributed by atoms with Crippen LogP contribution in [-0.2, 0) is 9.59 Å². The summed E-state index contributed by atoms with van der Waals surface area (Å²) in [5, 5.41) is 4.54. The summed E-state index contributed by atoms with van der Waals surface area (Å²) < 4.78 is 2.55. The number of hydrogen-bond acceptors (Lipinski definition) is 6. The zero-order valence-corrected chi connectivity index (χ0v) is 20.9. The molecule has 1 aliphatic heterocycles. The molecule has 0 spiro atoms. The quantitative estimate of drug-likeness (QED) is 0.385. The summed E-state index contributed by atoms with van der Waals surface area (Å²) in [6.45, 7) is 3.87. The molecule has 3 N–H and O–H groups in total. The van der Waals surface area contributed by atoms with Crippen LogP contribution in [0.5, 0.6) is 0 Å². The molecule has 1 aliphatic carbocycles. The highest BCUT2D eigenvalue weighted by Gasteiger charge is 2.56. The Morgan fingerprint density at radius 3 is 2.83 bits per heavy atom. The monoisotopic (exact) mass is 533 g/mol. The maximum atomic E-state index is 14.0.